The van der Waals surface area contributed by atoms with E-state index in [1.54, 1.807) is 48.5 Å². The zero-order chi connectivity index (χ0) is 21.0. The predicted molar refractivity (Wildman–Crippen MR) is 116 cm³/mol. The second-order valence-corrected chi connectivity index (χ2v) is 9.44. The van der Waals surface area contributed by atoms with Crippen LogP contribution in [0.1, 0.15) is 35.7 Å². The van der Waals surface area contributed by atoms with E-state index in [9.17, 15) is 13.2 Å². The lowest BCUT2D eigenvalue weighted by molar-refractivity contribution is 0.0941. The molecule has 2 aromatic carbocycles. The molecule has 1 N–H and O–H groups in total. The number of likely N-dealkylation sites (tertiary alicyclic amines) is 1. The molecule has 29 heavy (non-hydrogen) atoms. The number of aryl methyl sites for hydroxylation is 1. The zero-order valence-electron chi connectivity index (χ0n) is 17.3. The van der Waals surface area contributed by atoms with Crippen LogP contribution < -0.4 is 9.62 Å². The van der Waals surface area contributed by atoms with E-state index in [0.29, 0.717) is 23.8 Å². The van der Waals surface area contributed by atoms with Gasteiger partial charge in [0.2, 0.25) is 0 Å². The normalized spacial score (nSPS) is 17.3. The number of carbonyl (C=O) groups is 1. The van der Waals surface area contributed by atoms with Crippen molar-refractivity contribution in [1.29, 1.82) is 0 Å². The third kappa shape index (κ3) is 4.79. The van der Waals surface area contributed by atoms with Crippen LogP contribution in [0.2, 0.25) is 0 Å². The standard InChI is InChI=1S/C22H29N3O3S/c1-4-25-15-5-6-20(25)16-23-22(26)18-9-11-19(12-10-18)24(3)29(27,28)21-13-7-17(2)8-14-21/h7-14,20H,4-6,15-16H2,1-3H3,(H,23,26). The summed E-state index contributed by atoms with van der Waals surface area (Å²) in [5, 5.41) is 3.00. The number of nitrogens with one attached hydrogen (secondary N) is 1. The van der Waals surface area contributed by atoms with Gasteiger partial charge in [-0.2, -0.15) is 0 Å². The molecule has 0 radical (unpaired) electrons. The summed E-state index contributed by atoms with van der Waals surface area (Å²) in [6.07, 6.45) is 2.28. The van der Waals surface area contributed by atoms with Crippen LogP contribution in [0.4, 0.5) is 5.69 Å². The number of rotatable bonds is 7. The van der Waals surface area contributed by atoms with Gasteiger partial charge in [-0.1, -0.05) is 24.6 Å². The van der Waals surface area contributed by atoms with Gasteiger partial charge in [-0.15, -0.1) is 0 Å². The van der Waals surface area contributed by atoms with Crippen molar-refractivity contribution in [2.75, 3.05) is 31.0 Å². The smallest absolute Gasteiger partial charge is 0.264 e. The van der Waals surface area contributed by atoms with Gasteiger partial charge >= 0.3 is 0 Å². The highest BCUT2D eigenvalue weighted by Gasteiger charge is 2.24. The average Bonchev–Trinajstić information content (AvgIpc) is 3.19. The number of sulfonamides is 1. The number of benzene rings is 2. The molecule has 0 bridgehead atoms. The summed E-state index contributed by atoms with van der Waals surface area (Å²) < 4.78 is 26.9. The second-order valence-electron chi connectivity index (χ2n) is 7.47. The Hall–Kier alpha value is -2.38. The van der Waals surface area contributed by atoms with Crippen LogP contribution in [0.15, 0.2) is 53.4 Å². The lowest BCUT2D eigenvalue weighted by Crippen LogP contribution is -2.40. The third-order valence-electron chi connectivity index (χ3n) is 5.58. The van der Waals surface area contributed by atoms with E-state index in [2.05, 4.69) is 17.1 Å². The van der Waals surface area contributed by atoms with Gasteiger partial charge in [-0.3, -0.25) is 14.0 Å². The summed E-state index contributed by atoms with van der Waals surface area (Å²) in [7, 11) is -2.13. The Balaban J connectivity index is 1.66. The molecule has 3 rings (SSSR count). The molecule has 0 aliphatic carbocycles. The highest BCUT2D eigenvalue weighted by atomic mass is 32.2. The maximum atomic E-state index is 12.8. The van der Waals surface area contributed by atoms with Crippen LogP contribution >= 0.6 is 0 Å². The van der Waals surface area contributed by atoms with Crippen molar-refractivity contribution in [3.8, 4) is 0 Å². The fourth-order valence-corrected chi connectivity index (χ4v) is 4.88. The predicted octanol–water partition coefficient (Wildman–Crippen LogP) is 3.03. The van der Waals surface area contributed by atoms with Crippen molar-refractivity contribution >= 4 is 21.6 Å². The minimum atomic E-state index is -3.65. The van der Waals surface area contributed by atoms with E-state index in [-0.39, 0.29) is 10.8 Å². The summed E-state index contributed by atoms with van der Waals surface area (Å²) in [6.45, 7) is 6.77. The number of hydrogen-bond acceptors (Lipinski definition) is 4. The summed E-state index contributed by atoms with van der Waals surface area (Å²) in [5.41, 5.74) is 2.03. The molecule has 1 aliphatic rings. The van der Waals surface area contributed by atoms with E-state index in [0.717, 1.165) is 25.1 Å². The van der Waals surface area contributed by atoms with Crippen LogP contribution in [0.3, 0.4) is 0 Å². The lowest BCUT2D eigenvalue weighted by Gasteiger charge is -2.23. The Morgan fingerprint density at radius 2 is 1.79 bits per heavy atom. The Morgan fingerprint density at radius 1 is 1.14 bits per heavy atom. The lowest BCUT2D eigenvalue weighted by atomic mass is 10.1. The van der Waals surface area contributed by atoms with Crippen molar-refractivity contribution in [2.24, 2.45) is 0 Å². The van der Waals surface area contributed by atoms with Crippen molar-refractivity contribution in [3.63, 3.8) is 0 Å². The highest BCUT2D eigenvalue weighted by molar-refractivity contribution is 7.92. The molecule has 2 aromatic rings. The van der Waals surface area contributed by atoms with E-state index < -0.39 is 10.0 Å². The molecule has 0 aromatic heterocycles. The van der Waals surface area contributed by atoms with Gasteiger partial charge in [-0.05, 0) is 69.3 Å². The molecular formula is C22H29N3O3S. The Bertz CT molecular complexity index is 940. The monoisotopic (exact) mass is 415 g/mol. The zero-order valence-corrected chi connectivity index (χ0v) is 18.1. The van der Waals surface area contributed by atoms with E-state index in [4.69, 9.17) is 0 Å². The second kappa shape index (κ2) is 8.97. The third-order valence-corrected chi connectivity index (χ3v) is 7.38. The van der Waals surface area contributed by atoms with Gasteiger partial charge in [-0.25, -0.2) is 8.42 Å². The van der Waals surface area contributed by atoms with Gasteiger partial charge < -0.3 is 5.32 Å². The van der Waals surface area contributed by atoms with Gasteiger partial charge in [0, 0.05) is 25.2 Å². The molecule has 0 spiro atoms. The molecule has 1 atom stereocenters. The molecule has 1 saturated heterocycles. The molecule has 1 amide bonds. The maximum Gasteiger partial charge on any atom is 0.264 e. The SMILES string of the molecule is CCN1CCCC1CNC(=O)c1ccc(N(C)S(=O)(=O)c2ccc(C)cc2)cc1. The fourth-order valence-electron chi connectivity index (χ4n) is 3.69. The topological polar surface area (TPSA) is 69.7 Å². The van der Waals surface area contributed by atoms with E-state index in [1.165, 1.54) is 17.8 Å². The molecule has 7 heteroatoms. The summed E-state index contributed by atoms with van der Waals surface area (Å²) in [4.78, 5) is 15.1. The average molecular weight is 416 g/mol. The number of anilines is 1. The van der Waals surface area contributed by atoms with Gasteiger partial charge in [0.15, 0.2) is 0 Å². The minimum absolute atomic E-state index is 0.136. The Kier molecular flexibility index (Phi) is 6.59. The number of carbonyl (C=O) groups excluding carboxylic acids is 1. The minimum Gasteiger partial charge on any atom is -0.350 e. The van der Waals surface area contributed by atoms with Gasteiger partial charge in [0.05, 0.1) is 10.6 Å². The molecule has 1 fully saturated rings. The first-order valence-corrected chi connectivity index (χ1v) is 11.4. The maximum absolute atomic E-state index is 12.8. The van der Waals surface area contributed by atoms with Gasteiger partial charge in [0.1, 0.15) is 0 Å². The fraction of sp³-hybridized carbons (Fsp3) is 0.409. The van der Waals surface area contributed by atoms with E-state index in [1.807, 2.05) is 6.92 Å². The molecule has 1 heterocycles. The molecular weight excluding hydrogens is 386 g/mol. The van der Waals surface area contributed by atoms with Crippen molar-refractivity contribution < 1.29 is 13.2 Å². The van der Waals surface area contributed by atoms with Crippen LogP contribution in [0.25, 0.3) is 0 Å². The number of likely N-dealkylation sites (N-methyl/N-ethyl adjacent to an activating group) is 1. The number of amides is 1. The molecule has 6 nitrogen and oxygen atoms in total. The van der Waals surface area contributed by atoms with Crippen molar-refractivity contribution in [1.82, 2.24) is 10.2 Å². The Morgan fingerprint density at radius 3 is 2.41 bits per heavy atom. The van der Waals surface area contributed by atoms with Crippen molar-refractivity contribution in [2.45, 2.75) is 37.6 Å². The summed E-state index contributed by atoms with van der Waals surface area (Å²) >= 11 is 0. The highest BCUT2D eigenvalue weighted by Crippen LogP contribution is 2.23. The van der Waals surface area contributed by atoms with E-state index >= 15 is 0 Å². The first-order chi connectivity index (χ1) is 13.8. The van der Waals surface area contributed by atoms with Crippen LogP contribution in [-0.2, 0) is 10.0 Å². The first kappa shape index (κ1) is 21.3. The molecule has 1 unspecified atom stereocenters. The molecule has 0 saturated carbocycles. The molecule has 156 valence electrons. The molecule has 1 aliphatic heterocycles. The van der Waals surface area contributed by atoms with Crippen LogP contribution in [-0.4, -0.2) is 51.9 Å². The number of hydrogen-bond donors (Lipinski definition) is 1. The summed E-state index contributed by atoms with van der Waals surface area (Å²) in [6, 6.07) is 13.8. The number of nitrogens with zero attached hydrogens (tertiary/aromatic N) is 2. The van der Waals surface area contributed by atoms with Crippen molar-refractivity contribution in [3.05, 3.63) is 59.7 Å². The first-order valence-electron chi connectivity index (χ1n) is 10.0. The quantitative estimate of drug-likeness (QED) is 0.755. The largest absolute Gasteiger partial charge is 0.350 e. The summed E-state index contributed by atoms with van der Waals surface area (Å²) in [5.74, 6) is -0.136. The van der Waals surface area contributed by atoms with Crippen LogP contribution in [0.5, 0.6) is 0 Å². The van der Waals surface area contributed by atoms with Crippen LogP contribution in [0, 0.1) is 6.92 Å². The Labute approximate surface area is 173 Å². The van der Waals surface area contributed by atoms with Gasteiger partial charge in [0.25, 0.3) is 15.9 Å².